The number of pyridine rings is 1. The molecule has 0 fully saturated rings. The Kier molecular flexibility index (Phi) is 14.2. The van der Waals surface area contributed by atoms with Gasteiger partial charge in [0.1, 0.15) is 11.3 Å². The van der Waals surface area contributed by atoms with Crippen molar-refractivity contribution in [2.75, 3.05) is 0 Å². The van der Waals surface area contributed by atoms with Crippen molar-refractivity contribution in [3.63, 3.8) is 0 Å². The van der Waals surface area contributed by atoms with Crippen molar-refractivity contribution in [1.29, 1.82) is 0 Å². The normalized spacial score (nSPS) is 11.8. The van der Waals surface area contributed by atoms with E-state index in [1.54, 1.807) is 0 Å². The van der Waals surface area contributed by atoms with Crippen LogP contribution in [-0.2, 0) is 24.9 Å². The molecule has 0 amide bonds. The van der Waals surface area contributed by atoms with E-state index in [0.717, 1.165) is 59.1 Å². The van der Waals surface area contributed by atoms with Gasteiger partial charge in [-0.25, -0.2) is 0 Å². The molecule has 5 heteroatoms. The SMILES string of the molecule is CCC(CC)C(=O)/C=C(\O)C(CC)CC.Cc1cc(C)c(-c2cc3ccnc(-c4[c-]c5cc(C)cc(C)c5c(C(C)C)c4)c3o2)c(C)c1.[Ir]. The number of rotatable bonds is 10. The summed E-state index contributed by atoms with van der Waals surface area (Å²) in [7, 11) is 0. The fraction of sp³-hybridized carbons (Fsp3) is 0.409. The molecule has 263 valence electrons. The van der Waals surface area contributed by atoms with Crippen molar-refractivity contribution >= 4 is 27.5 Å². The third kappa shape index (κ3) is 8.99. The molecule has 0 bridgehead atoms. The van der Waals surface area contributed by atoms with Crippen LogP contribution < -0.4 is 0 Å². The van der Waals surface area contributed by atoms with Gasteiger partial charge in [0.25, 0.3) is 0 Å². The third-order valence-electron chi connectivity index (χ3n) is 9.65. The van der Waals surface area contributed by atoms with Crippen LogP contribution in [0.15, 0.2) is 64.9 Å². The molecule has 1 N–H and O–H groups in total. The second-order valence-corrected chi connectivity index (χ2v) is 13.8. The van der Waals surface area contributed by atoms with E-state index in [1.807, 2.05) is 40.0 Å². The van der Waals surface area contributed by atoms with Crippen LogP contribution in [0, 0.1) is 52.5 Å². The summed E-state index contributed by atoms with van der Waals surface area (Å²) in [5.74, 6) is 1.84. The number of aliphatic hydroxyl groups is 1. The number of benzene rings is 3. The van der Waals surface area contributed by atoms with E-state index in [1.165, 1.54) is 50.4 Å². The zero-order valence-corrected chi connectivity index (χ0v) is 33.7. The van der Waals surface area contributed by atoms with Crippen LogP contribution in [0.5, 0.6) is 0 Å². The Morgan fingerprint density at radius 1 is 0.837 bits per heavy atom. The number of hydrogen-bond donors (Lipinski definition) is 1. The molecule has 5 aromatic rings. The van der Waals surface area contributed by atoms with Crippen LogP contribution in [0.25, 0.3) is 44.3 Å². The first-order valence-corrected chi connectivity index (χ1v) is 17.7. The van der Waals surface area contributed by atoms with Crippen LogP contribution in [0.1, 0.15) is 107 Å². The summed E-state index contributed by atoms with van der Waals surface area (Å²) in [6.07, 6.45) is 6.78. The number of aryl methyl sites for hydroxylation is 5. The summed E-state index contributed by atoms with van der Waals surface area (Å²) in [6, 6.07) is 19.0. The largest absolute Gasteiger partial charge is 0.512 e. The van der Waals surface area contributed by atoms with Crippen molar-refractivity contribution in [2.45, 2.75) is 108 Å². The van der Waals surface area contributed by atoms with Crippen LogP contribution in [0.4, 0.5) is 0 Å². The second kappa shape index (κ2) is 17.4. The van der Waals surface area contributed by atoms with Gasteiger partial charge in [-0.15, -0.1) is 29.1 Å². The number of fused-ring (bicyclic) bond motifs is 2. The average molecular weight is 837 g/mol. The summed E-state index contributed by atoms with van der Waals surface area (Å²) >= 11 is 0. The molecule has 0 unspecified atom stereocenters. The molecular weight excluding hydrogens is 783 g/mol. The molecular formula is C44H54IrNO3-. The van der Waals surface area contributed by atoms with Gasteiger partial charge in [-0.3, -0.25) is 9.78 Å². The van der Waals surface area contributed by atoms with Crippen LogP contribution in [0.3, 0.4) is 0 Å². The van der Waals surface area contributed by atoms with Gasteiger partial charge in [-0.05, 0) is 89.5 Å². The van der Waals surface area contributed by atoms with Gasteiger partial charge >= 0.3 is 0 Å². The van der Waals surface area contributed by atoms with Gasteiger partial charge in [-0.2, -0.15) is 0 Å². The summed E-state index contributed by atoms with van der Waals surface area (Å²) < 4.78 is 6.52. The first kappa shape index (κ1) is 39.9. The van der Waals surface area contributed by atoms with Crippen molar-refractivity contribution in [3.8, 4) is 22.6 Å². The Hall–Kier alpha value is -3.53. The molecule has 0 spiro atoms. The number of furan rings is 1. The van der Waals surface area contributed by atoms with E-state index in [4.69, 9.17) is 9.40 Å². The molecule has 0 aliphatic carbocycles. The van der Waals surface area contributed by atoms with E-state index >= 15 is 0 Å². The standard InChI is InChI=1S/C31H30NO.C13H24O2.Ir/c1-17(2)26-15-25(14-24-13-19(4)12-22(7)29(24)26)30-31-23(8-9-32-30)16-27(33-31)28-20(5)10-18(3)11-21(28)6;1-5-10(6-2)12(14)9-13(15)11(7-3)8-4;/h8-13,15-17H,1-7H3;9-11,14H,5-8H2,1-4H3;/q-1;;/b;12-9-;. The maximum Gasteiger partial charge on any atom is 0.162 e. The molecule has 2 heterocycles. The molecule has 1 radical (unpaired) electrons. The topological polar surface area (TPSA) is 63.3 Å². The first-order chi connectivity index (χ1) is 22.8. The third-order valence-corrected chi connectivity index (χ3v) is 9.65. The quantitative estimate of drug-likeness (QED) is 0.0865. The molecule has 4 nitrogen and oxygen atoms in total. The number of nitrogens with zero attached hydrogens (tertiary/aromatic N) is 1. The number of carbonyl (C=O) groups excluding carboxylic acids is 1. The van der Waals surface area contributed by atoms with Crippen LogP contribution in [-0.4, -0.2) is 15.9 Å². The zero-order chi connectivity index (χ0) is 35.3. The smallest absolute Gasteiger partial charge is 0.162 e. The zero-order valence-electron chi connectivity index (χ0n) is 31.3. The molecule has 3 aromatic carbocycles. The maximum atomic E-state index is 11.7. The number of carbonyl (C=O) groups is 1. The average Bonchev–Trinajstić information content (AvgIpc) is 3.45. The minimum absolute atomic E-state index is 0. The predicted octanol–water partition coefficient (Wildman–Crippen LogP) is 12.6. The molecule has 2 aromatic heterocycles. The Bertz CT molecular complexity index is 1920. The van der Waals surface area contributed by atoms with E-state index in [2.05, 4.69) is 90.9 Å². The number of allylic oxidation sites excluding steroid dienone is 2. The monoisotopic (exact) mass is 837 g/mol. The van der Waals surface area contributed by atoms with Crippen molar-refractivity contribution in [3.05, 3.63) is 99.9 Å². The van der Waals surface area contributed by atoms with Gasteiger partial charge < -0.3 is 9.52 Å². The van der Waals surface area contributed by atoms with E-state index < -0.39 is 0 Å². The predicted molar refractivity (Wildman–Crippen MR) is 203 cm³/mol. The number of aliphatic hydroxyl groups excluding tert-OH is 1. The first-order valence-electron chi connectivity index (χ1n) is 17.7. The molecule has 0 saturated heterocycles. The van der Waals surface area contributed by atoms with Crippen molar-refractivity contribution in [1.82, 2.24) is 4.98 Å². The van der Waals surface area contributed by atoms with Gasteiger partial charge in [0.15, 0.2) is 5.78 Å². The summed E-state index contributed by atoms with van der Waals surface area (Å²) in [6.45, 7) is 23.3. The van der Waals surface area contributed by atoms with Gasteiger partial charge in [-0.1, -0.05) is 87.4 Å². The fourth-order valence-corrected chi connectivity index (χ4v) is 7.07. The van der Waals surface area contributed by atoms with Crippen LogP contribution in [0.2, 0.25) is 0 Å². The minimum Gasteiger partial charge on any atom is -0.512 e. The van der Waals surface area contributed by atoms with E-state index in [0.29, 0.717) is 5.92 Å². The minimum atomic E-state index is 0. The Balaban J connectivity index is 0.000000347. The molecule has 5 rings (SSSR count). The van der Waals surface area contributed by atoms with Crippen LogP contribution >= 0.6 is 0 Å². The number of ketones is 1. The summed E-state index contributed by atoms with van der Waals surface area (Å²) in [4.78, 5) is 16.5. The van der Waals surface area contributed by atoms with Gasteiger partial charge in [0.05, 0.1) is 5.76 Å². The summed E-state index contributed by atoms with van der Waals surface area (Å²) in [5, 5.41) is 13.3. The van der Waals surface area contributed by atoms with Gasteiger partial charge in [0.2, 0.25) is 0 Å². The summed E-state index contributed by atoms with van der Waals surface area (Å²) in [5.41, 5.74) is 11.4. The Morgan fingerprint density at radius 3 is 1.98 bits per heavy atom. The van der Waals surface area contributed by atoms with E-state index in [9.17, 15) is 9.90 Å². The van der Waals surface area contributed by atoms with Crippen molar-refractivity contribution in [2.24, 2.45) is 11.8 Å². The molecule has 0 aliphatic rings. The Morgan fingerprint density at radius 2 is 1.41 bits per heavy atom. The van der Waals surface area contributed by atoms with Gasteiger partial charge in [0, 0.05) is 60.9 Å². The molecule has 0 atom stereocenters. The second-order valence-electron chi connectivity index (χ2n) is 13.8. The molecule has 0 saturated carbocycles. The maximum absolute atomic E-state index is 11.7. The molecule has 49 heavy (non-hydrogen) atoms. The van der Waals surface area contributed by atoms with E-state index in [-0.39, 0.29) is 43.5 Å². The Labute approximate surface area is 307 Å². The van der Waals surface area contributed by atoms with Crippen molar-refractivity contribution < 1.29 is 34.4 Å². The number of aromatic nitrogens is 1. The fourth-order valence-electron chi connectivity index (χ4n) is 7.07. The number of hydrogen-bond acceptors (Lipinski definition) is 4. The molecule has 0 aliphatic heterocycles.